The molecule has 0 aliphatic carbocycles. The van der Waals surface area contributed by atoms with E-state index in [0.717, 1.165) is 5.01 Å². The molecule has 1 aliphatic heterocycles. The topological polar surface area (TPSA) is 96.5 Å². The molecule has 1 atom stereocenters. The van der Waals surface area contributed by atoms with Gasteiger partial charge in [0.2, 0.25) is 0 Å². The molecule has 2 rings (SSSR count). The number of carbonyl (C=O) groups excluding carboxylic acids is 1. The molecule has 0 bridgehead atoms. The molecule has 1 saturated heterocycles. The number of amides is 1. The Kier molecular flexibility index (Phi) is 4.20. The molecule has 98 valence electrons. The first-order valence-corrected chi connectivity index (χ1v) is 7.43. The monoisotopic (exact) mass is 287 g/mol. The Balaban J connectivity index is 2.12. The van der Waals surface area contributed by atoms with Gasteiger partial charge < -0.3 is 15.7 Å². The summed E-state index contributed by atoms with van der Waals surface area (Å²) < 4.78 is 0. The van der Waals surface area contributed by atoms with E-state index in [2.05, 4.69) is 4.98 Å². The fourth-order valence-corrected chi connectivity index (χ4v) is 3.57. The number of nitrogens with two attached hydrogens (primary N) is 1. The van der Waals surface area contributed by atoms with E-state index in [9.17, 15) is 9.59 Å². The summed E-state index contributed by atoms with van der Waals surface area (Å²) in [7, 11) is 0. The summed E-state index contributed by atoms with van der Waals surface area (Å²) in [6.07, 6.45) is 0.634. The molecule has 1 fully saturated rings. The SMILES string of the molecule is NCCc1nc(C(=O)N2CSC[C@@H]2C(=O)O)cs1. The molecule has 0 saturated carbocycles. The minimum atomic E-state index is -0.967. The minimum Gasteiger partial charge on any atom is -0.480 e. The van der Waals surface area contributed by atoms with Gasteiger partial charge in [-0.05, 0) is 6.54 Å². The highest BCUT2D eigenvalue weighted by atomic mass is 32.2. The summed E-state index contributed by atoms with van der Waals surface area (Å²) in [6, 6.07) is -0.748. The summed E-state index contributed by atoms with van der Waals surface area (Å²) in [5, 5.41) is 11.5. The lowest BCUT2D eigenvalue weighted by Crippen LogP contribution is -2.41. The van der Waals surface area contributed by atoms with E-state index >= 15 is 0 Å². The van der Waals surface area contributed by atoms with Gasteiger partial charge in [-0.15, -0.1) is 23.1 Å². The number of hydrogen-bond acceptors (Lipinski definition) is 6. The van der Waals surface area contributed by atoms with Crippen LogP contribution in [-0.2, 0) is 11.2 Å². The summed E-state index contributed by atoms with van der Waals surface area (Å²) in [5.41, 5.74) is 5.74. The quantitative estimate of drug-likeness (QED) is 0.823. The number of thiazole rings is 1. The molecule has 1 aromatic rings. The molecule has 0 spiro atoms. The first-order chi connectivity index (χ1) is 8.63. The van der Waals surface area contributed by atoms with Crippen molar-refractivity contribution in [2.45, 2.75) is 12.5 Å². The van der Waals surface area contributed by atoms with Gasteiger partial charge in [-0.1, -0.05) is 0 Å². The molecule has 0 radical (unpaired) electrons. The minimum absolute atomic E-state index is 0.313. The molecule has 0 unspecified atom stereocenters. The number of rotatable bonds is 4. The van der Waals surface area contributed by atoms with Crippen LogP contribution in [0.5, 0.6) is 0 Å². The first kappa shape index (κ1) is 13.3. The normalized spacial score (nSPS) is 19.2. The average Bonchev–Trinajstić information content (AvgIpc) is 2.96. The van der Waals surface area contributed by atoms with Crippen LogP contribution in [0.1, 0.15) is 15.5 Å². The molecule has 3 N–H and O–H groups in total. The number of nitrogens with zero attached hydrogens (tertiary/aromatic N) is 2. The highest BCUT2D eigenvalue weighted by Gasteiger charge is 2.35. The number of carboxylic acid groups (broad SMARTS) is 1. The number of aliphatic carboxylic acids is 1. The predicted molar refractivity (Wildman–Crippen MR) is 69.8 cm³/mol. The van der Waals surface area contributed by atoms with Crippen molar-refractivity contribution in [1.29, 1.82) is 0 Å². The van der Waals surface area contributed by atoms with Gasteiger partial charge in [-0.25, -0.2) is 9.78 Å². The Bertz CT molecular complexity index is 463. The van der Waals surface area contributed by atoms with Crippen molar-refractivity contribution in [3.8, 4) is 0 Å². The summed E-state index contributed by atoms with van der Waals surface area (Å²) in [5.74, 6) is -0.446. The van der Waals surface area contributed by atoms with Crippen LogP contribution in [0.2, 0.25) is 0 Å². The number of carbonyl (C=O) groups is 2. The summed E-state index contributed by atoms with van der Waals surface area (Å²) >= 11 is 2.82. The zero-order valence-electron chi connectivity index (χ0n) is 9.54. The Morgan fingerprint density at radius 2 is 2.39 bits per heavy atom. The summed E-state index contributed by atoms with van der Waals surface area (Å²) in [6.45, 7) is 0.485. The maximum absolute atomic E-state index is 12.1. The third-order valence-electron chi connectivity index (χ3n) is 2.56. The van der Waals surface area contributed by atoms with Gasteiger partial charge in [0.25, 0.3) is 5.91 Å². The highest BCUT2D eigenvalue weighted by Crippen LogP contribution is 2.23. The molecule has 18 heavy (non-hydrogen) atoms. The third-order valence-corrected chi connectivity index (χ3v) is 4.48. The lowest BCUT2D eigenvalue weighted by molar-refractivity contribution is -0.140. The Labute approximate surface area is 112 Å². The van der Waals surface area contributed by atoms with E-state index in [1.54, 1.807) is 5.38 Å². The molecule has 8 heteroatoms. The standard InChI is InChI=1S/C10H13N3O3S2/c11-2-1-8-12-6(3-18-8)9(14)13-5-17-4-7(13)10(15)16/h3,7H,1-2,4-5,11H2,(H,15,16)/t7-/m1/s1. The van der Waals surface area contributed by atoms with E-state index in [4.69, 9.17) is 10.8 Å². The lowest BCUT2D eigenvalue weighted by Gasteiger charge is -2.19. The van der Waals surface area contributed by atoms with Gasteiger partial charge in [-0.2, -0.15) is 0 Å². The first-order valence-electron chi connectivity index (χ1n) is 5.39. The average molecular weight is 287 g/mol. The van der Waals surface area contributed by atoms with Gasteiger partial charge in [0.15, 0.2) is 0 Å². The van der Waals surface area contributed by atoms with Gasteiger partial charge in [0.1, 0.15) is 11.7 Å². The van der Waals surface area contributed by atoms with Crippen LogP contribution in [0.15, 0.2) is 5.38 Å². The van der Waals surface area contributed by atoms with E-state index in [0.29, 0.717) is 30.3 Å². The zero-order valence-corrected chi connectivity index (χ0v) is 11.2. The van der Waals surface area contributed by atoms with Crippen LogP contribution in [0.3, 0.4) is 0 Å². The molecule has 1 aromatic heterocycles. The van der Waals surface area contributed by atoms with E-state index in [1.807, 2.05) is 0 Å². The fraction of sp³-hybridized carbons (Fsp3) is 0.500. The molecular weight excluding hydrogens is 274 g/mol. The lowest BCUT2D eigenvalue weighted by atomic mass is 10.3. The van der Waals surface area contributed by atoms with Crippen LogP contribution in [0.4, 0.5) is 0 Å². The van der Waals surface area contributed by atoms with E-state index < -0.39 is 12.0 Å². The van der Waals surface area contributed by atoms with Crippen LogP contribution in [-0.4, -0.2) is 51.1 Å². The number of thioether (sulfide) groups is 1. The molecule has 2 heterocycles. The summed E-state index contributed by atoms with van der Waals surface area (Å²) in [4.78, 5) is 28.7. The second-order valence-electron chi connectivity index (χ2n) is 3.79. The van der Waals surface area contributed by atoms with Crippen molar-refractivity contribution in [3.63, 3.8) is 0 Å². The number of hydrogen-bond donors (Lipinski definition) is 2. The number of aromatic nitrogens is 1. The smallest absolute Gasteiger partial charge is 0.327 e. The predicted octanol–water partition coefficient (Wildman–Crippen LogP) is 0.244. The van der Waals surface area contributed by atoms with Gasteiger partial charge in [0.05, 0.1) is 10.9 Å². The van der Waals surface area contributed by atoms with Crippen molar-refractivity contribution in [3.05, 3.63) is 16.1 Å². The maximum Gasteiger partial charge on any atom is 0.327 e. The van der Waals surface area contributed by atoms with Crippen molar-refractivity contribution < 1.29 is 14.7 Å². The third kappa shape index (κ3) is 2.65. The van der Waals surface area contributed by atoms with Crippen molar-refractivity contribution in [1.82, 2.24) is 9.88 Å². The van der Waals surface area contributed by atoms with Gasteiger partial charge in [0, 0.05) is 17.6 Å². The molecule has 0 aromatic carbocycles. The molecule has 6 nitrogen and oxygen atoms in total. The molecule has 1 amide bonds. The van der Waals surface area contributed by atoms with Gasteiger partial charge in [-0.3, -0.25) is 4.79 Å². The molecular formula is C10H13N3O3S2. The van der Waals surface area contributed by atoms with Crippen LogP contribution < -0.4 is 5.73 Å². The Morgan fingerprint density at radius 3 is 3.06 bits per heavy atom. The highest BCUT2D eigenvalue weighted by molar-refractivity contribution is 7.99. The van der Waals surface area contributed by atoms with Crippen molar-refractivity contribution >= 4 is 35.0 Å². The Hall–Kier alpha value is -1.12. The van der Waals surface area contributed by atoms with Crippen LogP contribution >= 0.6 is 23.1 Å². The largest absolute Gasteiger partial charge is 0.480 e. The Morgan fingerprint density at radius 1 is 1.61 bits per heavy atom. The van der Waals surface area contributed by atoms with Crippen LogP contribution in [0, 0.1) is 0 Å². The van der Waals surface area contributed by atoms with Crippen molar-refractivity contribution in [2.75, 3.05) is 18.2 Å². The fourth-order valence-electron chi connectivity index (χ4n) is 1.64. The second kappa shape index (κ2) is 5.68. The van der Waals surface area contributed by atoms with E-state index in [-0.39, 0.29) is 5.91 Å². The zero-order chi connectivity index (χ0) is 13.1. The number of carboxylic acids is 1. The van der Waals surface area contributed by atoms with Crippen molar-refractivity contribution in [2.24, 2.45) is 5.73 Å². The van der Waals surface area contributed by atoms with Crippen LogP contribution in [0.25, 0.3) is 0 Å². The van der Waals surface area contributed by atoms with Gasteiger partial charge >= 0.3 is 5.97 Å². The van der Waals surface area contributed by atoms with E-state index in [1.165, 1.54) is 28.0 Å². The molecule has 1 aliphatic rings. The second-order valence-corrected chi connectivity index (χ2v) is 5.74. The maximum atomic E-state index is 12.1.